The smallest absolute Gasteiger partial charge is 0.191 e. The Labute approximate surface area is 132 Å². The number of anilines is 2. The van der Waals surface area contributed by atoms with Gasteiger partial charge in [-0.05, 0) is 26.1 Å². The lowest BCUT2D eigenvalue weighted by molar-refractivity contribution is 0.199. The molecule has 1 aromatic rings. The molecule has 1 fully saturated rings. The Kier molecular flexibility index (Phi) is 6.11. The summed E-state index contributed by atoms with van der Waals surface area (Å²) >= 11 is 1.60. The highest BCUT2D eigenvalue weighted by Crippen LogP contribution is 2.22. The monoisotopic (exact) mass is 309 g/mol. The summed E-state index contributed by atoms with van der Waals surface area (Å²) in [6.07, 6.45) is 3.13. The minimum absolute atomic E-state index is 0.573. The summed E-state index contributed by atoms with van der Waals surface area (Å²) in [6.45, 7) is 11.9. The van der Waals surface area contributed by atoms with Crippen LogP contribution in [0, 0.1) is 0 Å². The van der Waals surface area contributed by atoms with Crippen molar-refractivity contribution < 1.29 is 0 Å². The lowest BCUT2D eigenvalue weighted by atomic mass is 10.2. The minimum atomic E-state index is 0.573. The number of hydrogen-bond acceptors (Lipinski definition) is 6. The van der Waals surface area contributed by atoms with Gasteiger partial charge in [-0.2, -0.15) is 0 Å². The molecule has 0 amide bonds. The Bertz CT molecular complexity index is 454. The molecule has 6 heteroatoms. The molecule has 5 nitrogen and oxygen atoms in total. The summed E-state index contributed by atoms with van der Waals surface area (Å²) in [5.74, 6) is 1.99. The van der Waals surface area contributed by atoms with Crippen LogP contribution >= 0.6 is 11.8 Å². The van der Waals surface area contributed by atoms with E-state index in [0.29, 0.717) is 6.04 Å². The highest BCUT2D eigenvalue weighted by Gasteiger charge is 2.23. The molecule has 1 atom stereocenters. The van der Waals surface area contributed by atoms with E-state index in [1.165, 1.54) is 0 Å². The van der Waals surface area contributed by atoms with E-state index in [9.17, 15) is 0 Å². The predicted molar refractivity (Wildman–Crippen MR) is 91.5 cm³/mol. The molecule has 1 saturated heterocycles. The Balaban J connectivity index is 2.14. The topological polar surface area (TPSA) is 44.3 Å². The number of nitrogens with zero attached hydrogens (tertiary/aromatic N) is 4. The Morgan fingerprint density at radius 1 is 1.33 bits per heavy atom. The van der Waals surface area contributed by atoms with Crippen LogP contribution < -0.4 is 10.2 Å². The maximum absolute atomic E-state index is 4.69. The van der Waals surface area contributed by atoms with E-state index in [1.807, 2.05) is 6.26 Å². The molecule has 0 aliphatic carbocycles. The first-order valence-corrected chi connectivity index (χ1v) is 9.06. The lowest BCUT2D eigenvalue weighted by Crippen LogP contribution is -2.52. The molecule has 0 spiro atoms. The molecule has 2 rings (SSSR count). The molecule has 0 radical (unpaired) electrons. The molecule has 1 N–H and O–H groups in total. The van der Waals surface area contributed by atoms with Gasteiger partial charge in [0, 0.05) is 38.3 Å². The third kappa shape index (κ3) is 4.23. The number of rotatable bonds is 6. The van der Waals surface area contributed by atoms with E-state index < -0.39 is 0 Å². The van der Waals surface area contributed by atoms with Gasteiger partial charge in [-0.25, -0.2) is 9.97 Å². The zero-order chi connectivity index (χ0) is 15.2. The molecule has 0 aromatic carbocycles. The molecule has 1 aliphatic heterocycles. The number of nitrogens with one attached hydrogen (secondary N) is 1. The van der Waals surface area contributed by atoms with Crippen LogP contribution in [0.15, 0.2) is 11.2 Å². The van der Waals surface area contributed by atoms with E-state index in [0.717, 1.165) is 55.9 Å². The Hall–Kier alpha value is -1.01. The lowest BCUT2D eigenvalue weighted by Gasteiger charge is -2.40. The Morgan fingerprint density at radius 3 is 2.76 bits per heavy atom. The van der Waals surface area contributed by atoms with Crippen LogP contribution in [0.2, 0.25) is 0 Å². The fourth-order valence-corrected chi connectivity index (χ4v) is 3.06. The van der Waals surface area contributed by atoms with Crippen LogP contribution in [0.3, 0.4) is 0 Å². The summed E-state index contributed by atoms with van der Waals surface area (Å²) in [5, 5.41) is 4.22. The van der Waals surface area contributed by atoms with E-state index >= 15 is 0 Å². The molecule has 1 aromatic heterocycles. The number of piperazine rings is 1. The predicted octanol–water partition coefficient (Wildman–Crippen LogP) is 2.55. The summed E-state index contributed by atoms with van der Waals surface area (Å²) in [4.78, 5) is 14.1. The zero-order valence-corrected chi connectivity index (χ0v) is 14.4. The zero-order valence-electron chi connectivity index (χ0n) is 13.6. The largest absolute Gasteiger partial charge is 0.370 e. The average Bonchev–Trinajstić information content (AvgIpc) is 2.52. The van der Waals surface area contributed by atoms with Crippen LogP contribution in [0.1, 0.15) is 27.2 Å². The first-order chi connectivity index (χ1) is 10.2. The summed E-state index contributed by atoms with van der Waals surface area (Å²) in [6, 6.07) is 2.66. The van der Waals surface area contributed by atoms with Gasteiger partial charge in [0.2, 0.25) is 0 Å². The summed E-state index contributed by atoms with van der Waals surface area (Å²) < 4.78 is 0. The van der Waals surface area contributed by atoms with E-state index in [4.69, 9.17) is 0 Å². The molecule has 1 unspecified atom stereocenters. The van der Waals surface area contributed by atoms with Gasteiger partial charge >= 0.3 is 0 Å². The van der Waals surface area contributed by atoms with E-state index in [-0.39, 0.29) is 0 Å². The van der Waals surface area contributed by atoms with Crippen molar-refractivity contribution in [3.05, 3.63) is 6.07 Å². The molecule has 1 aliphatic rings. The fraction of sp³-hybridized carbons (Fsp3) is 0.733. The van der Waals surface area contributed by atoms with Crippen LogP contribution in [0.5, 0.6) is 0 Å². The molecule has 21 heavy (non-hydrogen) atoms. The van der Waals surface area contributed by atoms with Gasteiger partial charge in [0.05, 0.1) is 0 Å². The third-order valence-corrected chi connectivity index (χ3v) is 4.47. The molecule has 0 bridgehead atoms. The standard InChI is InChI=1S/C15H27N5S/c1-5-7-16-13-10-14(18-15(17-13)21-4)20-9-8-19(6-2)12(3)11-20/h10,12H,5-9,11H2,1-4H3,(H,16,17,18). The van der Waals surface area contributed by atoms with Gasteiger partial charge in [0.15, 0.2) is 5.16 Å². The highest BCUT2D eigenvalue weighted by molar-refractivity contribution is 7.98. The second-order valence-corrected chi connectivity index (χ2v) is 6.22. The molecular weight excluding hydrogens is 282 g/mol. The second-order valence-electron chi connectivity index (χ2n) is 5.45. The summed E-state index contributed by atoms with van der Waals surface area (Å²) in [5.41, 5.74) is 0. The SMILES string of the molecule is CCCNc1cc(N2CCN(CC)C(C)C2)nc(SC)n1. The highest BCUT2D eigenvalue weighted by atomic mass is 32.2. The normalized spacial score (nSPS) is 19.8. The molecule has 118 valence electrons. The van der Waals surface area contributed by atoms with Crippen molar-refractivity contribution >= 4 is 23.4 Å². The van der Waals surface area contributed by atoms with Gasteiger partial charge < -0.3 is 10.2 Å². The van der Waals surface area contributed by atoms with Gasteiger partial charge in [-0.3, -0.25) is 4.90 Å². The van der Waals surface area contributed by atoms with Gasteiger partial charge in [0.25, 0.3) is 0 Å². The summed E-state index contributed by atoms with van der Waals surface area (Å²) in [7, 11) is 0. The van der Waals surface area contributed by atoms with Crippen LogP contribution in [-0.2, 0) is 0 Å². The maximum Gasteiger partial charge on any atom is 0.191 e. The second kappa shape index (κ2) is 7.84. The van der Waals surface area contributed by atoms with Crippen molar-refractivity contribution in [2.24, 2.45) is 0 Å². The number of hydrogen-bond donors (Lipinski definition) is 1. The Morgan fingerprint density at radius 2 is 2.14 bits per heavy atom. The maximum atomic E-state index is 4.69. The minimum Gasteiger partial charge on any atom is -0.370 e. The van der Waals surface area contributed by atoms with Crippen LogP contribution in [0.4, 0.5) is 11.6 Å². The van der Waals surface area contributed by atoms with E-state index in [1.54, 1.807) is 11.8 Å². The number of likely N-dealkylation sites (N-methyl/N-ethyl adjacent to an activating group) is 1. The number of thioether (sulfide) groups is 1. The molecule has 2 heterocycles. The number of aromatic nitrogens is 2. The molecule has 0 saturated carbocycles. The van der Waals surface area contributed by atoms with Crippen LogP contribution in [-0.4, -0.2) is 59.9 Å². The van der Waals surface area contributed by atoms with Crippen molar-refractivity contribution in [1.29, 1.82) is 0 Å². The molecular formula is C15H27N5S. The van der Waals surface area contributed by atoms with Crippen molar-refractivity contribution in [3.8, 4) is 0 Å². The first kappa shape index (κ1) is 16.4. The van der Waals surface area contributed by atoms with Crippen molar-refractivity contribution in [2.75, 3.05) is 49.2 Å². The fourth-order valence-electron chi connectivity index (χ4n) is 2.68. The third-order valence-electron chi connectivity index (χ3n) is 3.93. The average molecular weight is 309 g/mol. The van der Waals surface area contributed by atoms with Crippen LogP contribution in [0.25, 0.3) is 0 Å². The van der Waals surface area contributed by atoms with Gasteiger partial charge in [-0.15, -0.1) is 0 Å². The van der Waals surface area contributed by atoms with Gasteiger partial charge in [-0.1, -0.05) is 25.6 Å². The van der Waals surface area contributed by atoms with Gasteiger partial charge in [0.1, 0.15) is 11.6 Å². The van der Waals surface area contributed by atoms with E-state index in [2.05, 4.69) is 51.9 Å². The van der Waals surface area contributed by atoms with Crippen molar-refractivity contribution in [1.82, 2.24) is 14.9 Å². The van der Waals surface area contributed by atoms with Crippen molar-refractivity contribution in [3.63, 3.8) is 0 Å². The van der Waals surface area contributed by atoms with Crippen molar-refractivity contribution in [2.45, 2.75) is 38.4 Å². The first-order valence-electron chi connectivity index (χ1n) is 7.83. The quantitative estimate of drug-likeness (QED) is 0.643.